The smallest absolute Gasteiger partial charge is 0.283 e. The fraction of sp³-hybridized carbons (Fsp3) is 0.917. The molecular weight excluding hydrogens is 298 g/mol. The molecule has 6 nitrogen and oxygen atoms in total. The van der Waals surface area contributed by atoms with Crippen molar-refractivity contribution in [3.8, 4) is 0 Å². The van der Waals surface area contributed by atoms with Crippen molar-refractivity contribution in [2.45, 2.75) is 32.7 Å². The Morgan fingerprint density at radius 2 is 1.85 bits per heavy atom. The quantitative estimate of drug-likeness (QED) is 0.743. The Morgan fingerprint density at radius 3 is 2.40 bits per heavy atom. The Morgan fingerprint density at radius 1 is 1.25 bits per heavy atom. The van der Waals surface area contributed by atoms with Crippen LogP contribution >= 0.6 is 11.8 Å². The number of carbonyl (C=O) groups excluding carboxylic acids is 1. The van der Waals surface area contributed by atoms with Gasteiger partial charge in [-0.3, -0.25) is 4.79 Å². The summed E-state index contributed by atoms with van der Waals surface area (Å²) < 4.78 is 28.0. The lowest BCUT2D eigenvalue weighted by atomic mass is 10.3. The maximum atomic E-state index is 12.6. The minimum absolute atomic E-state index is 0.0248. The van der Waals surface area contributed by atoms with E-state index in [4.69, 9.17) is 0 Å². The average molecular weight is 321 g/mol. The Hall–Kier alpha value is -0.310. The van der Waals surface area contributed by atoms with Gasteiger partial charge in [-0.2, -0.15) is 17.0 Å². The molecule has 0 saturated carbocycles. The topological polar surface area (TPSA) is 60.9 Å². The van der Waals surface area contributed by atoms with E-state index in [1.165, 1.54) is 20.4 Å². The van der Waals surface area contributed by atoms with Crippen LogP contribution in [0.25, 0.3) is 0 Å². The van der Waals surface area contributed by atoms with Crippen molar-refractivity contribution in [1.82, 2.24) is 13.5 Å². The van der Waals surface area contributed by atoms with Crippen molar-refractivity contribution in [3.63, 3.8) is 0 Å². The molecule has 2 saturated heterocycles. The second-order valence-corrected chi connectivity index (χ2v) is 7.91. The van der Waals surface area contributed by atoms with Gasteiger partial charge in [-0.1, -0.05) is 13.8 Å². The molecule has 2 heterocycles. The monoisotopic (exact) mass is 321 g/mol. The summed E-state index contributed by atoms with van der Waals surface area (Å²) in [7, 11) is -3.53. The predicted molar refractivity (Wildman–Crippen MR) is 80.6 cm³/mol. The van der Waals surface area contributed by atoms with E-state index in [1.807, 2.05) is 13.8 Å². The molecule has 20 heavy (non-hydrogen) atoms. The molecule has 0 radical (unpaired) electrons. The summed E-state index contributed by atoms with van der Waals surface area (Å²) in [6.07, 6.45) is 2.04. The Balaban J connectivity index is 2.16. The van der Waals surface area contributed by atoms with Gasteiger partial charge in [-0.05, 0) is 12.8 Å². The third kappa shape index (κ3) is 2.98. The van der Waals surface area contributed by atoms with Crippen LogP contribution in [0, 0.1) is 0 Å². The standard InChI is InChI=1S/C12H23N3O3S2/c1-3-14(4-2)20(17,18)15-10-19-9-11(15)12(16)13-7-5-6-8-13/h11H,3-10H2,1-2H3/t11-/m1/s1. The maximum absolute atomic E-state index is 12.6. The third-order valence-electron chi connectivity index (χ3n) is 3.87. The van der Waals surface area contributed by atoms with Crippen LogP contribution in [0.4, 0.5) is 0 Å². The van der Waals surface area contributed by atoms with Crippen molar-refractivity contribution in [2.75, 3.05) is 37.8 Å². The molecule has 0 aromatic rings. The average Bonchev–Trinajstić information content (AvgIpc) is 3.10. The molecule has 0 aromatic heterocycles. The number of amides is 1. The highest BCUT2D eigenvalue weighted by Gasteiger charge is 2.43. The normalized spacial score (nSPS) is 24.8. The van der Waals surface area contributed by atoms with Gasteiger partial charge in [0.2, 0.25) is 5.91 Å². The molecule has 0 aromatic carbocycles. The van der Waals surface area contributed by atoms with E-state index >= 15 is 0 Å². The molecule has 2 aliphatic rings. The van der Waals surface area contributed by atoms with Gasteiger partial charge in [0.05, 0.1) is 5.88 Å². The summed E-state index contributed by atoms with van der Waals surface area (Å²) in [5, 5.41) is 0. The molecule has 2 fully saturated rings. The molecule has 0 bridgehead atoms. The molecular formula is C12H23N3O3S2. The van der Waals surface area contributed by atoms with Crippen LogP contribution in [0.5, 0.6) is 0 Å². The second-order valence-electron chi connectivity index (χ2n) is 5.03. The van der Waals surface area contributed by atoms with Gasteiger partial charge in [-0.15, -0.1) is 11.8 Å². The molecule has 0 unspecified atom stereocenters. The summed E-state index contributed by atoms with van der Waals surface area (Å²) in [6.45, 7) is 6.04. The minimum atomic E-state index is -3.53. The summed E-state index contributed by atoms with van der Waals surface area (Å²) in [4.78, 5) is 14.3. The zero-order valence-electron chi connectivity index (χ0n) is 12.1. The van der Waals surface area contributed by atoms with E-state index in [-0.39, 0.29) is 5.91 Å². The zero-order chi connectivity index (χ0) is 14.8. The van der Waals surface area contributed by atoms with Crippen LogP contribution in [-0.2, 0) is 15.0 Å². The van der Waals surface area contributed by atoms with Gasteiger partial charge in [0, 0.05) is 31.9 Å². The number of rotatable bonds is 5. The van der Waals surface area contributed by atoms with Crippen molar-refractivity contribution in [3.05, 3.63) is 0 Å². The van der Waals surface area contributed by atoms with Crippen molar-refractivity contribution < 1.29 is 13.2 Å². The van der Waals surface area contributed by atoms with E-state index in [0.717, 1.165) is 25.9 Å². The van der Waals surface area contributed by atoms with Gasteiger partial charge in [0.1, 0.15) is 6.04 Å². The van der Waals surface area contributed by atoms with E-state index < -0.39 is 16.3 Å². The number of hydrogen-bond acceptors (Lipinski definition) is 4. The highest BCUT2D eigenvalue weighted by molar-refractivity contribution is 8.00. The Labute approximate surface area is 125 Å². The number of thioether (sulfide) groups is 1. The first-order chi connectivity index (χ1) is 9.52. The first-order valence-corrected chi connectivity index (χ1v) is 9.71. The molecule has 2 aliphatic heterocycles. The van der Waals surface area contributed by atoms with Gasteiger partial charge < -0.3 is 4.90 Å². The van der Waals surface area contributed by atoms with Crippen LogP contribution in [0.2, 0.25) is 0 Å². The van der Waals surface area contributed by atoms with Crippen LogP contribution < -0.4 is 0 Å². The lowest BCUT2D eigenvalue weighted by molar-refractivity contribution is -0.133. The van der Waals surface area contributed by atoms with Crippen molar-refractivity contribution >= 4 is 27.9 Å². The van der Waals surface area contributed by atoms with Crippen LogP contribution in [0.1, 0.15) is 26.7 Å². The van der Waals surface area contributed by atoms with Crippen LogP contribution in [0.3, 0.4) is 0 Å². The predicted octanol–water partition coefficient (Wildman–Crippen LogP) is 0.570. The Bertz CT molecular complexity index is 445. The SMILES string of the molecule is CCN(CC)S(=O)(=O)N1CSC[C@@H]1C(=O)N1CCCC1. The number of nitrogens with zero attached hydrogens (tertiary/aromatic N) is 3. The first kappa shape index (κ1) is 16.1. The fourth-order valence-corrected chi connectivity index (χ4v) is 5.99. The second kappa shape index (κ2) is 6.64. The number of carbonyl (C=O) groups is 1. The van der Waals surface area contributed by atoms with E-state index in [1.54, 1.807) is 4.90 Å². The van der Waals surface area contributed by atoms with Gasteiger partial charge in [0.25, 0.3) is 10.2 Å². The maximum Gasteiger partial charge on any atom is 0.283 e. The number of hydrogen-bond donors (Lipinski definition) is 0. The number of likely N-dealkylation sites (tertiary alicyclic amines) is 1. The van der Waals surface area contributed by atoms with E-state index in [0.29, 0.717) is 24.7 Å². The Kier molecular flexibility index (Phi) is 5.33. The summed E-state index contributed by atoms with van der Waals surface area (Å²) in [6, 6.07) is -0.524. The van der Waals surface area contributed by atoms with E-state index in [2.05, 4.69) is 0 Å². The van der Waals surface area contributed by atoms with Gasteiger partial charge in [0.15, 0.2) is 0 Å². The molecule has 1 amide bonds. The first-order valence-electron chi connectivity index (χ1n) is 7.15. The fourth-order valence-electron chi connectivity index (χ4n) is 2.70. The molecule has 1 atom stereocenters. The molecule has 8 heteroatoms. The van der Waals surface area contributed by atoms with Crippen molar-refractivity contribution in [1.29, 1.82) is 0 Å². The molecule has 2 rings (SSSR count). The molecule has 0 spiro atoms. The summed E-state index contributed by atoms with van der Waals surface area (Å²) in [5.41, 5.74) is 0. The molecule has 0 aliphatic carbocycles. The minimum Gasteiger partial charge on any atom is -0.341 e. The van der Waals surface area contributed by atoms with Crippen LogP contribution in [0.15, 0.2) is 0 Å². The highest BCUT2D eigenvalue weighted by Crippen LogP contribution is 2.28. The highest BCUT2D eigenvalue weighted by atomic mass is 32.2. The lowest BCUT2D eigenvalue weighted by Crippen LogP contribution is -2.52. The summed E-state index contributed by atoms with van der Waals surface area (Å²) >= 11 is 1.52. The third-order valence-corrected chi connectivity index (χ3v) is 7.19. The van der Waals surface area contributed by atoms with Gasteiger partial charge in [-0.25, -0.2) is 0 Å². The molecule has 116 valence electrons. The van der Waals surface area contributed by atoms with Crippen LogP contribution in [-0.4, -0.2) is 71.7 Å². The largest absolute Gasteiger partial charge is 0.341 e. The molecule has 0 N–H and O–H groups in total. The zero-order valence-corrected chi connectivity index (χ0v) is 13.8. The summed E-state index contributed by atoms with van der Waals surface area (Å²) in [5.74, 6) is 0.919. The lowest BCUT2D eigenvalue weighted by Gasteiger charge is -2.30. The van der Waals surface area contributed by atoms with Crippen molar-refractivity contribution in [2.24, 2.45) is 0 Å². The van der Waals surface area contributed by atoms with E-state index in [9.17, 15) is 13.2 Å². The van der Waals surface area contributed by atoms with Gasteiger partial charge >= 0.3 is 0 Å².